The minimum absolute atomic E-state index is 0.336. The Balaban J connectivity index is 1.77. The largest absolute Gasteiger partial charge is 0.411 e. The first-order chi connectivity index (χ1) is 9.29. The van der Waals surface area contributed by atoms with Crippen LogP contribution in [-0.2, 0) is 6.42 Å². The Bertz CT molecular complexity index is 539. The molecule has 0 radical (unpaired) electrons. The zero-order valence-electron chi connectivity index (χ0n) is 11.3. The van der Waals surface area contributed by atoms with E-state index in [4.69, 9.17) is 0 Å². The molecule has 3 heteroatoms. The predicted molar refractivity (Wildman–Crippen MR) is 75.9 cm³/mol. The maximum Gasteiger partial charge on any atom is 0.0828 e. The lowest BCUT2D eigenvalue weighted by molar-refractivity contribution is 0.310. The summed E-state index contributed by atoms with van der Waals surface area (Å²) in [5, 5.41) is 13.1. The van der Waals surface area contributed by atoms with Crippen LogP contribution in [0.25, 0.3) is 0 Å². The molecule has 4 rings (SSSR count). The second-order valence-electron chi connectivity index (χ2n) is 6.33. The van der Waals surface area contributed by atoms with Crippen LogP contribution in [-0.4, -0.2) is 23.0 Å². The molecule has 2 fully saturated rings. The van der Waals surface area contributed by atoms with Gasteiger partial charge in [0.15, 0.2) is 0 Å². The zero-order valence-corrected chi connectivity index (χ0v) is 11.3. The number of rotatable bonds is 1. The molecule has 1 aromatic carbocycles. The van der Waals surface area contributed by atoms with Gasteiger partial charge in [-0.1, -0.05) is 23.4 Å². The van der Waals surface area contributed by atoms with E-state index in [1.54, 1.807) is 0 Å². The molecule has 0 unspecified atom stereocenters. The number of anilines is 1. The lowest BCUT2D eigenvalue weighted by Gasteiger charge is -2.37. The van der Waals surface area contributed by atoms with Gasteiger partial charge in [-0.3, -0.25) is 0 Å². The maximum atomic E-state index is 9.41. The molecule has 2 aliphatic carbocycles. The Morgan fingerprint density at radius 1 is 1.26 bits per heavy atom. The summed E-state index contributed by atoms with van der Waals surface area (Å²) in [6, 6.07) is 9.54. The molecule has 1 aliphatic heterocycles. The highest BCUT2D eigenvalue weighted by molar-refractivity contribution is 5.97. The topological polar surface area (TPSA) is 35.8 Å². The summed E-state index contributed by atoms with van der Waals surface area (Å²) in [4.78, 5) is 2.52. The van der Waals surface area contributed by atoms with E-state index in [0.29, 0.717) is 23.9 Å². The van der Waals surface area contributed by atoms with Crippen LogP contribution in [0.3, 0.4) is 0 Å². The molecule has 0 aromatic heterocycles. The molecule has 2 saturated carbocycles. The van der Waals surface area contributed by atoms with Crippen molar-refractivity contribution in [3.8, 4) is 0 Å². The standard InChI is InChI=1S/C16H20N2O/c1-10-8-11-4-2-3-5-14(11)18(10)16-13-7-6-12(9-13)15(16)17-19/h2-5,10,12-13,16,19H,6-9H2,1H3/b17-15-/t10-,12-,13+,16+/m0/s1. The molecular weight excluding hydrogens is 236 g/mol. The summed E-state index contributed by atoms with van der Waals surface area (Å²) in [5.74, 6) is 1.21. The third-order valence-corrected chi connectivity index (χ3v) is 5.32. The quantitative estimate of drug-likeness (QED) is 0.619. The van der Waals surface area contributed by atoms with Crippen LogP contribution < -0.4 is 4.90 Å². The molecule has 100 valence electrons. The first-order valence-corrected chi connectivity index (χ1v) is 7.37. The number of fused-ring (bicyclic) bond motifs is 3. The van der Waals surface area contributed by atoms with Crippen LogP contribution in [0, 0.1) is 11.8 Å². The fraction of sp³-hybridized carbons (Fsp3) is 0.562. The first-order valence-electron chi connectivity index (χ1n) is 7.37. The van der Waals surface area contributed by atoms with Gasteiger partial charge >= 0.3 is 0 Å². The van der Waals surface area contributed by atoms with E-state index >= 15 is 0 Å². The summed E-state index contributed by atoms with van der Waals surface area (Å²) < 4.78 is 0. The van der Waals surface area contributed by atoms with E-state index < -0.39 is 0 Å². The summed E-state index contributed by atoms with van der Waals surface area (Å²) in [5.41, 5.74) is 3.84. The third kappa shape index (κ3) is 1.47. The molecule has 0 saturated heterocycles. The number of hydrogen-bond donors (Lipinski definition) is 1. The molecule has 0 spiro atoms. The van der Waals surface area contributed by atoms with Gasteiger partial charge in [-0.25, -0.2) is 0 Å². The van der Waals surface area contributed by atoms with Crippen molar-refractivity contribution < 1.29 is 5.21 Å². The van der Waals surface area contributed by atoms with Gasteiger partial charge in [0, 0.05) is 17.6 Å². The molecule has 3 nitrogen and oxygen atoms in total. The monoisotopic (exact) mass is 256 g/mol. The van der Waals surface area contributed by atoms with Crippen molar-refractivity contribution in [3.05, 3.63) is 29.8 Å². The summed E-state index contributed by atoms with van der Waals surface area (Å²) >= 11 is 0. The van der Waals surface area contributed by atoms with Crippen molar-refractivity contribution in [2.24, 2.45) is 17.0 Å². The molecule has 1 N–H and O–H groups in total. The van der Waals surface area contributed by atoms with Crippen LogP contribution in [0.2, 0.25) is 0 Å². The van der Waals surface area contributed by atoms with E-state index in [1.165, 1.54) is 30.5 Å². The van der Waals surface area contributed by atoms with Gasteiger partial charge in [-0.05, 0) is 50.2 Å². The summed E-state index contributed by atoms with van der Waals surface area (Å²) in [6.45, 7) is 2.29. The Morgan fingerprint density at radius 3 is 2.95 bits per heavy atom. The fourth-order valence-electron chi connectivity index (χ4n) is 4.58. The van der Waals surface area contributed by atoms with Crippen LogP contribution in [0.1, 0.15) is 31.7 Å². The third-order valence-electron chi connectivity index (χ3n) is 5.32. The van der Waals surface area contributed by atoms with E-state index in [-0.39, 0.29) is 0 Å². The molecule has 3 aliphatic rings. The number of oxime groups is 1. The highest BCUT2D eigenvalue weighted by Gasteiger charge is 2.50. The van der Waals surface area contributed by atoms with Crippen LogP contribution in [0.5, 0.6) is 0 Å². The Kier molecular flexibility index (Phi) is 2.38. The Hall–Kier alpha value is -1.51. The molecule has 1 aromatic rings. The smallest absolute Gasteiger partial charge is 0.0828 e. The normalized spacial score (nSPS) is 38.2. The van der Waals surface area contributed by atoms with E-state index in [1.807, 2.05) is 0 Å². The minimum atomic E-state index is 0.336. The number of nitrogens with zero attached hydrogens (tertiary/aromatic N) is 2. The van der Waals surface area contributed by atoms with Gasteiger partial charge < -0.3 is 10.1 Å². The fourth-order valence-corrected chi connectivity index (χ4v) is 4.58. The van der Waals surface area contributed by atoms with E-state index in [2.05, 4.69) is 41.2 Å². The minimum Gasteiger partial charge on any atom is -0.411 e. The van der Waals surface area contributed by atoms with Crippen molar-refractivity contribution in [2.75, 3.05) is 4.90 Å². The Labute approximate surface area is 113 Å². The average molecular weight is 256 g/mol. The highest BCUT2D eigenvalue weighted by Crippen LogP contribution is 2.48. The van der Waals surface area contributed by atoms with Crippen LogP contribution in [0.15, 0.2) is 29.4 Å². The highest BCUT2D eigenvalue weighted by atomic mass is 16.4. The maximum absolute atomic E-state index is 9.41. The van der Waals surface area contributed by atoms with E-state index in [9.17, 15) is 5.21 Å². The molecule has 19 heavy (non-hydrogen) atoms. The van der Waals surface area contributed by atoms with Crippen molar-refractivity contribution in [1.82, 2.24) is 0 Å². The van der Waals surface area contributed by atoms with Gasteiger partial charge in [-0.2, -0.15) is 0 Å². The number of benzene rings is 1. The molecule has 0 amide bonds. The van der Waals surface area contributed by atoms with Gasteiger partial charge in [-0.15, -0.1) is 0 Å². The van der Waals surface area contributed by atoms with Gasteiger partial charge in [0.1, 0.15) is 0 Å². The SMILES string of the molecule is C[C@H]1Cc2ccccc2N1[C@H]1/C(=N\O)[C@H]2CC[C@@H]1C2. The van der Waals surface area contributed by atoms with E-state index in [0.717, 1.165) is 12.1 Å². The molecule has 1 heterocycles. The summed E-state index contributed by atoms with van der Waals surface area (Å²) in [7, 11) is 0. The van der Waals surface area contributed by atoms with Gasteiger partial charge in [0.05, 0.1) is 11.8 Å². The average Bonchev–Trinajstić information content (AvgIpc) is 3.08. The van der Waals surface area contributed by atoms with Crippen molar-refractivity contribution in [1.29, 1.82) is 0 Å². The lowest BCUT2D eigenvalue weighted by Crippen LogP contribution is -2.47. The molecule has 2 bridgehead atoms. The zero-order chi connectivity index (χ0) is 13.0. The van der Waals surface area contributed by atoms with Crippen molar-refractivity contribution in [2.45, 2.75) is 44.7 Å². The van der Waals surface area contributed by atoms with Gasteiger partial charge in [0.2, 0.25) is 0 Å². The first kappa shape index (κ1) is 11.3. The second kappa shape index (κ2) is 3.99. The van der Waals surface area contributed by atoms with Crippen molar-refractivity contribution in [3.63, 3.8) is 0 Å². The number of para-hydroxylation sites is 1. The second-order valence-corrected chi connectivity index (χ2v) is 6.33. The van der Waals surface area contributed by atoms with Crippen LogP contribution >= 0.6 is 0 Å². The van der Waals surface area contributed by atoms with Gasteiger partial charge in [0.25, 0.3) is 0 Å². The van der Waals surface area contributed by atoms with Crippen molar-refractivity contribution >= 4 is 11.4 Å². The predicted octanol–water partition coefficient (Wildman–Crippen LogP) is 3.07. The lowest BCUT2D eigenvalue weighted by atomic mass is 9.91. The molecular formula is C16H20N2O. The summed E-state index contributed by atoms with van der Waals surface area (Å²) in [6.07, 6.45) is 4.84. The molecule has 4 atom stereocenters. The van der Waals surface area contributed by atoms with Crippen LogP contribution in [0.4, 0.5) is 5.69 Å². The number of hydrogen-bond acceptors (Lipinski definition) is 3. The Morgan fingerprint density at radius 2 is 2.11 bits per heavy atom.